The van der Waals surface area contributed by atoms with Crippen molar-refractivity contribution in [3.63, 3.8) is 0 Å². The van der Waals surface area contributed by atoms with Crippen LogP contribution in [0.4, 0.5) is 0 Å². The van der Waals surface area contributed by atoms with E-state index in [4.69, 9.17) is 0 Å². The van der Waals surface area contributed by atoms with E-state index < -0.39 is 0 Å². The minimum Gasteiger partial charge on any atom is -0.255 e. The molecule has 0 aliphatic rings. The fraction of sp³-hybridized carbons (Fsp3) is 0.385. The Morgan fingerprint density at radius 3 is 2.73 bits per heavy atom. The molecule has 2 nitrogen and oxygen atoms in total. The van der Waals surface area contributed by atoms with E-state index in [1.165, 1.54) is 11.3 Å². The van der Waals surface area contributed by atoms with Crippen molar-refractivity contribution >= 4 is 11.0 Å². The number of nitrogens with zero attached hydrogens (tertiary/aromatic N) is 2. The molecule has 78 valence electrons. The molecule has 0 saturated heterocycles. The normalized spacial score (nSPS) is 11.2. The first-order valence-corrected chi connectivity index (χ1v) is 5.47. The summed E-state index contributed by atoms with van der Waals surface area (Å²) in [6, 6.07) is 6.12. The van der Waals surface area contributed by atoms with E-state index in [1.807, 2.05) is 18.3 Å². The second-order valence-electron chi connectivity index (χ2n) is 4.08. The monoisotopic (exact) mass is 200 g/mol. The van der Waals surface area contributed by atoms with Crippen LogP contribution in [0.5, 0.6) is 0 Å². The van der Waals surface area contributed by atoms with Gasteiger partial charge in [-0.3, -0.25) is 9.97 Å². The molecule has 0 radical (unpaired) electrons. The number of hydrogen-bond acceptors (Lipinski definition) is 2. The predicted octanol–water partition coefficient (Wildman–Crippen LogP) is 3.32. The average molecular weight is 200 g/mol. The van der Waals surface area contributed by atoms with Gasteiger partial charge in [-0.2, -0.15) is 0 Å². The number of aromatic nitrogens is 2. The average Bonchev–Trinajstić information content (AvgIpc) is 2.27. The lowest BCUT2D eigenvalue weighted by Gasteiger charge is -2.11. The van der Waals surface area contributed by atoms with Gasteiger partial charge in [-0.25, -0.2) is 0 Å². The summed E-state index contributed by atoms with van der Waals surface area (Å²) in [7, 11) is 0. The van der Waals surface area contributed by atoms with E-state index >= 15 is 0 Å². The molecule has 2 rings (SSSR count). The second kappa shape index (κ2) is 3.97. The molecule has 0 aliphatic heterocycles. The van der Waals surface area contributed by atoms with Crippen molar-refractivity contribution in [3.05, 3.63) is 35.7 Å². The van der Waals surface area contributed by atoms with Crippen LogP contribution in [0.1, 0.15) is 37.9 Å². The van der Waals surface area contributed by atoms with Crippen molar-refractivity contribution in [2.75, 3.05) is 0 Å². The van der Waals surface area contributed by atoms with Crippen molar-refractivity contribution in [1.29, 1.82) is 0 Å². The van der Waals surface area contributed by atoms with Crippen molar-refractivity contribution in [1.82, 2.24) is 9.97 Å². The van der Waals surface area contributed by atoms with Crippen LogP contribution in [0.25, 0.3) is 11.0 Å². The second-order valence-corrected chi connectivity index (χ2v) is 4.08. The molecule has 0 fully saturated rings. The van der Waals surface area contributed by atoms with E-state index in [1.54, 1.807) is 0 Å². The summed E-state index contributed by atoms with van der Waals surface area (Å²) in [5.41, 5.74) is 4.52. The van der Waals surface area contributed by atoms with Crippen LogP contribution in [-0.2, 0) is 6.42 Å². The SMILES string of the molecule is CCc1cc2ncccc2nc1C(C)C. The topological polar surface area (TPSA) is 25.8 Å². The molecule has 15 heavy (non-hydrogen) atoms. The molecule has 0 aliphatic carbocycles. The summed E-state index contributed by atoms with van der Waals surface area (Å²) in [5.74, 6) is 0.476. The van der Waals surface area contributed by atoms with Crippen molar-refractivity contribution in [2.45, 2.75) is 33.1 Å². The lowest BCUT2D eigenvalue weighted by Crippen LogP contribution is -2.00. The van der Waals surface area contributed by atoms with Gasteiger partial charge in [-0.15, -0.1) is 0 Å². The van der Waals surface area contributed by atoms with Crippen LogP contribution in [-0.4, -0.2) is 9.97 Å². The van der Waals surface area contributed by atoms with Crippen molar-refractivity contribution in [2.24, 2.45) is 0 Å². The summed E-state index contributed by atoms with van der Waals surface area (Å²) >= 11 is 0. The molecule has 2 heteroatoms. The Bertz CT molecular complexity index is 475. The molecule has 0 amide bonds. The predicted molar refractivity (Wildman–Crippen MR) is 63.0 cm³/mol. The summed E-state index contributed by atoms with van der Waals surface area (Å²) in [5, 5.41) is 0. The highest BCUT2D eigenvalue weighted by Crippen LogP contribution is 2.21. The lowest BCUT2D eigenvalue weighted by atomic mass is 10.0. The van der Waals surface area contributed by atoms with Gasteiger partial charge in [0.15, 0.2) is 0 Å². The quantitative estimate of drug-likeness (QED) is 0.743. The Kier molecular flexibility index (Phi) is 2.67. The van der Waals surface area contributed by atoms with Gasteiger partial charge in [0.2, 0.25) is 0 Å². The van der Waals surface area contributed by atoms with Crippen LogP contribution < -0.4 is 0 Å². The zero-order valence-corrected chi connectivity index (χ0v) is 9.49. The Morgan fingerprint density at radius 1 is 1.27 bits per heavy atom. The molecule has 0 N–H and O–H groups in total. The highest BCUT2D eigenvalue weighted by molar-refractivity contribution is 5.74. The van der Waals surface area contributed by atoms with Gasteiger partial charge >= 0.3 is 0 Å². The van der Waals surface area contributed by atoms with E-state index in [9.17, 15) is 0 Å². The number of hydrogen-bond donors (Lipinski definition) is 0. The maximum Gasteiger partial charge on any atom is 0.0890 e. The van der Waals surface area contributed by atoms with Gasteiger partial charge in [0.25, 0.3) is 0 Å². The van der Waals surface area contributed by atoms with E-state index in [0.717, 1.165) is 17.5 Å². The Morgan fingerprint density at radius 2 is 2.07 bits per heavy atom. The largest absolute Gasteiger partial charge is 0.255 e. The highest BCUT2D eigenvalue weighted by Gasteiger charge is 2.08. The molecule has 0 spiro atoms. The minimum atomic E-state index is 0.476. The zero-order valence-electron chi connectivity index (χ0n) is 9.49. The Hall–Kier alpha value is -1.44. The van der Waals surface area contributed by atoms with Crippen LogP contribution in [0.15, 0.2) is 24.4 Å². The molecule has 2 heterocycles. The summed E-state index contributed by atoms with van der Waals surface area (Å²) in [4.78, 5) is 9.01. The molecule has 0 bridgehead atoms. The summed E-state index contributed by atoms with van der Waals surface area (Å²) < 4.78 is 0. The van der Waals surface area contributed by atoms with Gasteiger partial charge in [0.05, 0.1) is 11.0 Å². The van der Waals surface area contributed by atoms with Crippen LogP contribution in [0.3, 0.4) is 0 Å². The molecule has 2 aromatic heterocycles. The maximum atomic E-state index is 4.68. The number of pyridine rings is 2. The highest BCUT2D eigenvalue weighted by atomic mass is 14.8. The van der Waals surface area contributed by atoms with Gasteiger partial charge in [0, 0.05) is 11.9 Å². The number of aryl methyl sites for hydroxylation is 1. The first-order chi connectivity index (χ1) is 7.22. The molecular weight excluding hydrogens is 184 g/mol. The lowest BCUT2D eigenvalue weighted by molar-refractivity contribution is 0.807. The molecule has 2 aromatic rings. The third-order valence-electron chi connectivity index (χ3n) is 2.62. The standard InChI is InChI=1S/C13H16N2/c1-4-10-8-12-11(6-5-7-14-12)15-13(10)9(2)3/h5-9H,4H2,1-3H3. The fourth-order valence-electron chi connectivity index (χ4n) is 1.84. The molecule has 0 aromatic carbocycles. The van der Waals surface area contributed by atoms with Crippen molar-refractivity contribution in [3.8, 4) is 0 Å². The van der Waals surface area contributed by atoms with Gasteiger partial charge in [0.1, 0.15) is 0 Å². The first-order valence-electron chi connectivity index (χ1n) is 5.47. The summed E-state index contributed by atoms with van der Waals surface area (Å²) in [6.07, 6.45) is 2.84. The van der Waals surface area contributed by atoms with E-state index in [-0.39, 0.29) is 0 Å². The molecule has 0 atom stereocenters. The van der Waals surface area contributed by atoms with E-state index in [2.05, 4.69) is 36.8 Å². The number of rotatable bonds is 2. The van der Waals surface area contributed by atoms with Crippen LogP contribution in [0, 0.1) is 0 Å². The van der Waals surface area contributed by atoms with Gasteiger partial charge < -0.3 is 0 Å². The third kappa shape index (κ3) is 1.84. The maximum absolute atomic E-state index is 4.68. The van der Waals surface area contributed by atoms with E-state index in [0.29, 0.717) is 5.92 Å². The smallest absolute Gasteiger partial charge is 0.0890 e. The van der Waals surface area contributed by atoms with Gasteiger partial charge in [-0.05, 0) is 36.1 Å². The number of fused-ring (bicyclic) bond motifs is 1. The Labute approximate surface area is 90.4 Å². The van der Waals surface area contributed by atoms with Crippen LogP contribution >= 0.6 is 0 Å². The minimum absolute atomic E-state index is 0.476. The van der Waals surface area contributed by atoms with Crippen LogP contribution in [0.2, 0.25) is 0 Å². The zero-order chi connectivity index (χ0) is 10.8. The molecule has 0 unspecified atom stereocenters. The molecular formula is C13H16N2. The van der Waals surface area contributed by atoms with Crippen molar-refractivity contribution < 1.29 is 0 Å². The third-order valence-corrected chi connectivity index (χ3v) is 2.62. The fourth-order valence-corrected chi connectivity index (χ4v) is 1.84. The van der Waals surface area contributed by atoms with Gasteiger partial charge in [-0.1, -0.05) is 20.8 Å². The summed E-state index contributed by atoms with van der Waals surface area (Å²) in [6.45, 7) is 6.53. The first kappa shape index (κ1) is 10.1. The Balaban J connectivity index is 2.69. The molecule has 0 saturated carbocycles.